The number of benzene rings is 2. The van der Waals surface area contributed by atoms with Crippen LogP contribution in [-0.4, -0.2) is 17.7 Å². The average Bonchev–Trinajstić information content (AvgIpc) is 2.78. The maximum atomic E-state index is 12.4. The third kappa shape index (κ3) is 1.98. The fourth-order valence-electron chi connectivity index (χ4n) is 2.17. The molecule has 0 unspecified atom stereocenters. The number of alkyl halides is 2. The summed E-state index contributed by atoms with van der Waals surface area (Å²) in [4.78, 5) is 11.3. The van der Waals surface area contributed by atoms with E-state index in [-0.39, 0.29) is 11.3 Å². The van der Waals surface area contributed by atoms with Crippen LogP contribution in [0, 0.1) is 0 Å². The summed E-state index contributed by atoms with van der Waals surface area (Å²) in [5.41, 5.74) is 0.0825. The molecule has 0 aliphatic heterocycles. The van der Waals surface area contributed by atoms with E-state index in [9.17, 15) is 18.7 Å². The summed E-state index contributed by atoms with van der Waals surface area (Å²) in [5.74, 6) is -1.09. The van der Waals surface area contributed by atoms with Gasteiger partial charge in [0, 0.05) is 15.5 Å². The second kappa shape index (κ2) is 4.72. The summed E-state index contributed by atoms with van der Waals surface area (Å²) in [6.45, 7) is -2.95. The molecule has 0 radical (unpaired) electrons. The molecule has 0 atom stereocenters. The third-order valence-corrected chi connectivity index (χ3v) is 4.12. The number of carbonyl (C=O) groups is 1. The smallest absolute Gasteiger partial charge is 0.387 e. The van der Waals surface area contributed by atoms with E-state index in [0.717, 1.165) is 10.1 Å². The summed E-state index contributed by atoms with van der Waals surface area (Å²) < 4.78 is 30.6. The van der Waals surface area contributed by atoms with Crippen LogP contribution >= 0.6 is 11.3 Å². The lowest BCUT2D eigenvalue weighted by atomic mass is 10.1. The number of halogens is 2. The van der Waals surface area contributed by atoms with Crippen molar-refractivity contribution in [3.63, 3.8) is 0 Å². The fourth-order valence-corrected chi connectivity index (χ4v) is 3.36. The molecule has 20 heavy (non-hydrogen) atoms. The first kappa shape index (κ1) is 12.8. The Morgan fingerprint density at radius 1 is 1.20 bits per heavy atom. The summed E-state index contributed by atoms with van der Waals surface area (Å²) in [7, 11) is 0. The van der Waals surface area contributed by atoms with Crippen LogP contribution in [0.3, 0.4) is 0 Å². The van der Waals surface area contributed by atoms with Crippen LogP contribution in [0.5, 0.6) is 5.75 Å². The van der Waals surface area contributed by atoms with E-state index in [4.69, 9.17) is 0 Å². The van der Waals surface area contributed by atoms with Crippen molar-refractivity contribution in [3.05, 3.63) is 42.0 Å². The Morgan fingerprint density at radius 2 is 1.95 bits per heavy atom. The van der Waals surface area contributed by atoms with Crippen molar-refractivity contribution in [2.75, 3.05) is 0 Å². The molecule has 1 N–H and O–H groups in total. The van der Waals surface area contributed by atoms with Gasteiger partial charge in [-0.2, -0.15) is 8.78 Å². The molecular formula is C14H8F2O3S. The van der Waals surface area contributed by atoms with Crippen molar-refractivity contribution < 1.29 is 23.4 Å². The molecule has 102 valence electrons. The van der Waals surface area contributed by atoms with Gasteiger partial charge in [0.2, 0.25) is 0 Å². The van der Waals surface area contributed by atoms with Crippen molar-refractivity contribution in [1.82, 2.24) is 0 Å². The Morgan fingerprint density at radius 3 is 2.65 bits per heavy atom. The van der Waals surface area contributed by atoms with Gasteiger partial charge in [0.25, 0.3) is 0 Å². The van der Waals surface area contributed by atoms with Crippen LogP contribution in [-0.2, 0) is 0 Å². The van der Waals surface area contributed by atoms with Crippen molar-refractivity contribution >= 4 is 37.5 Å². The van der Waals surface area contributed by atoms with Crippen LogP contribution < -0.4 is 4.74 Å². The minimum absolute atomic E-state index is 0.00111. The average molecular weight is 294 g/mol. The summed E-state index contributed by atoms with van der Waals surface area (Å²) in [6, 6.07) is 9.74. The topological polar surface area (TPSA) is 46.5 Å². The lowest BCUT2D eigenvalue weighted by Crippen LogP contribution is -2.03. The predicted octanol–water partition coefficient (Wildman–Crippen LogP) is 4.35. The molecule has 0 amide bonds. The molecule has 0 aliphatic carbocycles. The molecule has 0 spiro atoms. The summed E-state index contributed by atoms with van der Waals surface area (Å²) in [6.07, 6.45) is 0. The molecule has 3 aromatic rings. The lowest BCUT2D eigenvalue weighted by Gasteiger charge is -2.07. The van der Waals surface area contributed by atoms with Crippen LogP contribution in [0.1, 0.15) is 10.4 Å². The van der Waals surface area contributed by atoms with Gasteiger partial charge in [0.05, 0.1) is 10.3 Å². The zero-order valence-corrected chi connectivity index (χ0v) is 10.8. The van der Waals surface area contributed by atoms with Gasteiger partial charge < -0.3 is 9.84 Å². The predicted molar refractivity (Wildman–Crippen MR) is 72.9 cm³/mol. The summed E-state index contributed by atoms with van der Waals surface area (Å²) in [5, 5.41) is 10.4. The number of carboxylic acids is 1. The van der Waals surface area contributed by atoms with Crippen molar-refractivity contribution in [1.29, 1.82) is 0 Å². The molecule has 6 heteroatoms. The van der Waals surface area contributed by atoms with E-state index >= 15 is 0 Å². The SMILES string of the molecule is O=C(O)c1ccc(OC(F)F)c2sc3ccccc3c12. The van der Waals surface area contributed by atoms with E-state index < -0.39 is 12.6 Å². The van der Waals surface area contributed by atoms with Crippen molar-refractivity contribution in [2.24, 2.45) is 0 Å². The first-order valence-electron chi connectivity index (χ1n) is 5.70. The highest BCUT2D eigenvalue weighted by Gasteiger charge is 2.19. The second-order valence-corrected chi connectivity index (χ2v) is 5.15. The molecule has 0 saturated heterocycles. The van der Waals surface area contributed by atoms with Crippen LogP contribution in [0.2, 0.25) is 0 Å². The van der Waals surface area contributed by atoms with Crippen molar-refractivity contribution in [3.8, 4) is 5.75 Å². The van der Waals surface area contributed by atoms with E-state index in [1.54, 1.807) is 12.1 Å². The molecule has 1 aromatic heterocycles. The Bertz CT molecular complexity index is 811. The third-order valence-electron chi connectivity index (χ3n) is 2.94. The molecule has 3 rings (SSSR count). The quantitative estimate of drug-likeness (QED) is 0.781. The zero-order valence-electron chi connectivity index (χ0n) is 9.97. The second-order valence-electron chi connectivity index (χ2n) is 4.10. The highest BCUT2D eigenvalue weighted by atomic mass is 32.1. The molecule has 3 nitrogen and oxygen atoms in total. The number of fused-ring (bicyclic) bond motifs is 3. The first-order chi connectivity index (χ1) is 9.58. The molecular weight excluding hydrogens is 286 g/mol. The first-order valence-corrected chi connectivity index (χ1v) is 6.52. The van der Waals surface area contributed by atoms with Gasteiger partial charge in [-0.05, 0) is 18.2 Å². The van der Waals surface area contributed by atoms with E-state index in [1.165, 1.54) is 23.5 Å². The monoisotopic (exact) mass is 294 g/mol. The molecule has 2 aromatic carbocycles. The standard InChI is InChI=1S/C14H8F2O3S/c15-14(16)19-9-6-5-8(13(17)18)11-7-3-1-2-4-10(7)20-12(9)11/h1-6,14H,(H,17,18). The van der Waals surface area contributed by atoms with E-state index in [0.29, 0.717) is 10.1 Å². The van der Waals surface area contributed by atoms with Crippen LogP contribution in [0.15, 0.2) is 36.4 Å². The number of carboxylic acid groups (broad SMARTS) is 1. The van der Waals surface area contributed by atoms with Crippen molar-refractivity contribution in [2.45, 2.75) is 6.61 Å². The Labute approximate surface area is 116 Å². The molecule has 1 heterocycles. The highest BCUT2D eigenvalue weighted by Crippen LogP contribution is 2.41. The van der Waals surface area contributed by atoms with Crippen LogP contribution in [0.25, 0.3) is 20.2 Å². The molecule has 0 fully saturated rings. The number of thiophene rings is 1. The number of hydrogen-bond acceptors (Lipinski definition) is 3. The van der Waals surface area contributed by atoms with Gasteiger partial charge in [-0.15, -0.1) is 11.3 Å². The lowest BCUT2D eigenvalue weighted by molar-refractivity contribution is -0.0486. The van der Waals surface area contributed by atoms with E-state index in [2.05, 4.69) is 4.74 Å². The molecule has 0 saturated carbocycles. The van der Waals surface area contributed by atoms with Gasteiger partial charge in [0.1, 0.15) is 5.75 Å². The number of ether oxygens (including phenoxy) is 1. The highest BCUT2D eigenvalue weighted by molar-refractivity contribution is 7.26. The fraction of sp³-hybridized carbons (Fsp3) is 0.0714. The minimum Gasteiger partial charge on any atom is -0.478 e. The van der Waals surface area contributed by atoms with Gasteiger partial charge in [-0.1, -0.05) is 18.2 Å². The number of aromatic carboxylic acids is 1. The normalized spacial score (nSPS) is 11.3. The van der Waals surface area contributed by atoms with E-state index in [1.807, 2.05) is 12.1 Å². The number of hydrogen-bond donors (Lipinski definition) is 1. The largest absolute Gasteiger partial charge is 0.478 e. The summed E-state index contributed by atoms with van der Waals surface area (Å²) >= 11 is 1.24. The van der Waals surface area contributed by atoms with Gasteiger partial charge in [0.15, 0.2) is 0 Å². The van der Waals surface area contributed by atoms with Gasteiger partial charge >= 0.3 is 12.6 Å². The molecule has 0 aliphatic rings. The minimum atomic E-state index is -2.95. The Kier molecular flexibility index (Phi) is 3.02. The maximum absolute atomic E-state index is 12.4. The number of rotatable bonds is 3. The van der Waals surface area contributed by atoms with Gasteiger partial charge in [-0.3, -0.25) is 0 Å². The Hall–Kier alpha value is -2.21. The Balaban J connectivity index is 2.41. The molecule has 0 bridgehead atoms. The van der Waals surface area contributed by atoms with Gasteiger partial charge in [-0.25, -0.2) is 4.79 Å². The van der Waals surface area contributed by atoms with Crippen LogP contribution in [0.4, 0.5) is 8.78 Å². The maximum Gasteiger partial charge on any atom is 0.387 e. The zero-order chi connectivity index (χ0) is 14.3.